The predicted octanol–water partition coefficient (Wildman–Crippen LogP) is 4.49. The lowest BCUT2D eigenvalue weighted by molar-refractivity contribution is 0.103. The molecular weight excluding hydrogens is 414 g/mol. The molecule has 6 heteroatoms. The second-order valence-corrected chi connectivity index (χ2v) is 7.78. The van der Waals surface area contributed by atoms with Gasteiger partial charge in [0.1, 0.15) is 17.1 Å². The van der Waals surface area contributed by atoms with Gasteiger partial charge in [0.15, 0.2) is 0 Å². The second kappa shape index (κ2) is 9.04. The zero-order valence-corrected chi connectivity index (χ0v) is 18.5. The molecule has 0 N–H and O–H groups in total. The van der Waals surface area contributed by atoms with Crippen LogP contribution in [0.15, 0.2) is 72.8 Å². The summed E-state index contributed by atoms with van der Waals surface area (Å²) in [5.41, 5.74) is 3.38. The van der Waals surface area contributed by atoms with Crippen LogP contribution in [-0.4, -0.2) is 32.3 Å². The van der Waals surface area contributed by atoms with Gasteiger partial charge in [0.05, 0.1) is 0 Å². The lowest BCUT2D eigenvalue weighted by Crippen LogP contribution is -2.13. The number of pyridine rings is 3. The van der Waals surface area contributed by atoms with Gasteiger partial charge in [-0.05, 0) is 75.4 Å². The first kappa shape index (κ1) is 21.9. The monoisotopic (exact) mass is 435 g/mol. The summed E-state index contributed by atoms with van der Waals surface area (Å²) in [6, 6.07) is 19.9. The summed E-state index contributed by atoms with van der Waals surface area (Å²) >= 11 is 0. The van der Waals surface area contributed by atoms with Crippen molar-refractivity contribution in [1.82, 2.24) is 15.0 Å². The molecule has 3 heterocycles. The maximum atomic E-state index is 13.2. The molecule has 0 saturated carbocycles. The van der Waals surface area contributed by atoms with Crippen molar-refractivity contribution in [2.45, 2.75) is 20.8 Å². The van der Waals surface area contributed by atoms with E-state index in [0.717, 1.165) is 0 Å². The van der Waals surface area contributed by atoms with Gasteiger partial charge in [-0.3, -0.25) is 14.4 Å². The fraction of sp³-hybridized carbons (Fsp3) is 0.111. The van der Waals surface area contributed by atoms with Crippen LogP contribution in [0.25, 0.3) is 0 Å². The predicted molar refractivity (Wildman–Crippen MR) is 124 cm³/mol. The van der Waals surface area contributed by atoms with Crippen molar-refractivity contribution in [2.75, 3.05) is 0 Å². The van der Waals surface area contributed by atoms with E-state index in [1.54, 1.807) is 75.4 Å². The SMILES string of the molecule is Cc1cccc(C(=O)c2cc(C(=O)c3cccc(C)n3)cc(C(=O)c3cccc(C)n3)c2)n1. The Labute approximate surface area is 191 Å². The minimum Gasteiger partial charge on any atom is -0.287 e. The Bertz CT molecular complexity index is 1230. The third-order valence-corrected chi connectivity index (χ3v) is 5.08. The van der Waals surface area contributed by atoms with Crippen molar-refractivity contribution < 1.29 is 14.4 Å². The molecule has 4 aromatic rings. The van der Waals surface area contributed by atoms with Crippen molar-refractivity contribution in [1.29, 1.82) is 0 Å². The Balaban J connectivity index is 1.85. The lowest BCUT2D eigenvalue weighted by Gasteiger charge is -2.09. The van der Waals surface area contributed by atoms with Crippen LogP contribution < -0.4 is 0 Å². The van der Waals surface area contributed by atoms with Gasteiger partial charge in [-0.15, -0.1) is 0 Å². The van der Waals surface area contributed by atoms with Crippen LogP contribution in [0.2, 0.25) is 0 Å². The number of hydrogen-bond acceptors (Lipinski definition) is 6. The quantitative estimate of drug-likeness (QED) is 0.415. The van der Waals surface area contributed by atoms with Crippen LogP contribution in [0, 0.1) is 20.8 Å². The third kappa shape index (κ3) is 4.80. The summed E-state index contributed by atoms with van der Waals surface area (Å²) in [7, 11) is 0. The van der Waals surface area contributed by atoms with Crippen molar-refractivity contribution in [3.05, 3.63) is 124 Å². The van der Waals surface area contributed by atoms with E-state index in [1.165, 1.54) is 18.2 Å². The largest absolute Gasteiger partial charge is 0.287 e. The summed E-state index contributed by atoms with van der Waals surface area (Å²) in [4.78, 5) is 52.5. The third-order valence-electron chi connectivity index (χ3n) is 5.08. The Hall–Kier alpha value is -4.32. The molecule has 0 saturated heterocycles. The number of hydrogen-bond donors (Lipinski definition) is 0. The van der Waals surface area contributed by atoms with Crippen LogP contribution in [0.4, 0.5) is 0 Å². The maximum absolute atomic E-state index is 13.2. The first-order chi connectivity index (χ1) is 15.8. The van der Waals surface area contributed by atoms with Crippen LogP contribution >= 0.6 is 0 Å². The van der Waals surface area contributed by atoms with E-state index in [0.29, 0.717) is 17.1 Å². The fourth-order valence-electron chi connectivity index (χ4n) is 3.47. The smallest absolute Gasteiger partial charge is 0.211 e. The maximum Gasteiger partial charge on any atom is 0.211 e. The number of aromatic nitrogens is 3. The molecular formula is C27H21N3O3. The molecule has 6 nitrogen and oxygen atoms in total. The van der Waals surface area contributed by atoms with Crippen LogP contribution in [-0.2, 0) is 0 Å². The Morgan fingerprint density at radius 1 is 0.485 bits per heavy atom. The highest BCUT2D eigenvalue weighted by atomic mass is 16.1. The molecule has 162 valence electrons. The van der Waals surface area contributed by atoms with E-state index in [2.05, 4.69) is 15.0 Å². The summed E-state index contributed by atoms with van der Waals surface area (Å²) in [6.45, 7) is 5.37. The average Bonchev–Trinajstić information content (AvgIpc) is 2.82. The molecule has 1 aromatic carbocycles. The van der Waals surface area contributed by atoms with Gasteiger partial charge in [0.2, 0.25) is 17.3 Å². The molecule has 0 aliphatic rings. The van der Waals surface area contributed by atoms with E-state index in [1.807, 2.05) is 0 Å². The summed E-state index contributed by atoms with van der Waals surface area (Å²) < 4.78 is 0. The number of aryl methyl sites for hydroxylation is 3. The first-order valence-electron chi connectivity index (χ1n) is 10.4. The number of carbonyl (C=O) groups excluding carboxylic acids is 3. The Kier molecular flexibility index (Phi) is 6.00. The van der Waals surface area contributed by atoms with Gasteiger partial charge in [0.25, 0.3) is 0 Å². The molecule has 4 rings (SSSR count). The van der Waals surface area contributed by atoms with Crippen molar-refractivity contribution in [2.24, 2.45) is 0 Å². The van der Waals surface area contributed by atoms with Gasteiger partial charge < -0.3 is 0 Å². The number of carbonyl (C=O) groups is 3. The van der Waals surface area contributed by atoms with Crippen LogP contribution in [0.5, 0.6) is 0 Å². The van der Waals surface area contributed by atoms with Gasteiger partial charge in [-0.25, -0.2) is 15.0 Å². The molecule has 33 heavy (non-hydrogen) atoms. The van der Waals surface area contributed by atoms with Gasteiger partial charge in [-0.1, -0.05) is 18.2 Å². The lowest BCUT2D eigenvalue weighted by atomic mass is 9.95. The molecule has 0 radical (unpaired) electrons. The molecule has 3 aromatic heterocycles. The highest BCUT2D eigenvalue weighted by Gasteiger charge is 2.21. The summed E-state index contributed by atoms with van der Waals surface area (Å²) in [6.07, 6.45) is 0. The highest BCUT2D eigenvalue weighted by molar-refractivity contribution is 6.16. The van der Waals surface area contributed by atoms with E-state index in [9.17, 15) is 14.4 Å². The molecule has 0 unspecified atom stereocenters. The van der Waals surface area contributed by atoms with E-state index in [-0.39, 0.29) is 51.1 Å². The first-order valence-corrected chi connectivity index (χ1v) is 10.4. The molecule has 0 spiro atoms. The van der Waals surface area contributed by atoms with Gasteiger partial charge in [-0.2, -0.15) is 0 Å². The van der Waals surface area contributed by atoms with E-state index >= 15 is 0 Å². The Morgan fingerprint density at radius 3 is 1.00 bits per heavy atom. The summed E-state index contributed by atoms with van der Waals surface area (Å²) in [5.74, 6) is -1.13. The number of benzene rings is 1. The zero-order chi connectivity index (χ0) is 23.5. The van der Waals surface area contributed by atoms with Crippen molar-refractivity contribution >= 4 is 17.3 Å². The highest BCUT2D eigenvalue weighted by Crippen LogP contribution is 2.19. The van der Waals surface area contributed by atoms with Crippen LogP contribution in [0.1, 0.15) is 65.2 Å². The molecule has 0 fully saturated rings. The molecule has 0 bridgehead atoms. The topological polar surface area (TPSA) is 89.9 Å². The molecule has 0 atom stereocenters. The second-order valence-electron chi connectivity index (χ2n) is 7.78. The molecule has 0 aliphatic carbocycles. The minimum atomic E-state index is -0.378. The normalized spacial score (nSPS) is 10.6. The minimum absolute atomic E-state index is 0.197. The van der Waals surface area contributed by atoms with Crippen molar-refractivity contribution in [3.63, 3.8) is 0 Å². The van der Waals surface area contributed by atoms with Crippen molar-refractivity contribution in [3.8, 4) is 0 Å². The van der Waals surface area contributed by atoms with E-state index < -0.39 is 0 Å². The molecule has 0 aliphatic heterocycles. The summed E-state index contributed by atoms with van der Waals surface area (Å²) in [5, 5.41) is 0. The van der Waals surface area contributed by atoms with Gasteiger partial charge in [0, 0.05) is 33.8 Å². The van der Waals surface area contributed by atoms with E-state index in [4.69, 9.17) is 0 Å². The average molecular weight is 435 g/mol. The standard InChI is InChI=1S/C27H21N3O3/c1-16-7-4-10-22(28-16)25(31)19-13-20(26(32)23-11-5-8-17(2)29-23)15-21(14-19)27(33)24-12-6-9-18(3)30-24/h4-15H,1-3H3. The fourth-order valence-corrected chi connectivity index (χ4v) is 3.47. The number of rotatable bonds is 6. The van der Waals surface area contributed by atoms with Gasteiger partial charge >= 0.3 is 0 Å². The van der Waals surface area contributed by atoms with Crippen LogP contribution in [0.3, 0.4) is 0 Å². The Morgan fingerprint density at radius 2 is 0.758 bits per heavy atom. The molecule has 0 amide bonds. The number of nitrogens with zero attached hydrogens (tertiary/aromatic N) is 3. The zero-order valence-electron chi connectivity index (χ0n) is 18.5. The number of ketones is 3.